The van der Waals surface area contributed by atoms with Gasteiger partial charge < -0.3 is 9.42 Å². The smallest absolute Gasteiger partial charge is 0.321 e. The third kappa shape index (κ3) is 4.93. The Kier molecular flexibility index (Phi) is 6.62. The number of hydrogen-bond donors (Lipinski definition) is 1. The Hall–Kier alpha value is -0.630. The Balaban J connectivity index is 2.48. The highest BCUT2D eigenvalue weighted by Gasteiger charge is 2.21. The molecule has 0 heterocycles. The van der Waals surface area contributed by atoms with Gasteiger partial charge in [-0.1, -0.05) is 45.2 Å². The van der Waals surface area contributed by atoms with Crippen molar-refractivity contribution in [3.05, 3.63) is 29.8 Å². The minimum absolute atomic E-state index is 0.351. The molecule has 4 heteroatoms. The lowest BCUT2D eigenvalue weighted by atomic mass is 10.2. The molecule has 1 aromatic rings. The second kappa shape index (κ2) is 7.73. The normalized spacial score (nSPS) is 14.4. The predicted octanol–water partition coefficient (Wildman–Crippen LogP) is 3.66. The van der Waals surface area contributed by atoms with E-state index in [1.165, 1.54) is 0 Å². The van der Waals surface area contributed by atoms with Crippen molar-refractivity contribution in [1.29, 1.82) is 0 Å². The molecule has 0 aliphatic carbocycles. The van der Waals surface area contributed by atoms with Crippen molar-refractivity contribution in [2.24, 2.45) is 0 Å². The van der Waals surface area contributed by atoms with Crippen LogP contribution in [0.1, 0.15) is 45.1 Å². The largest absolute Gasteiger partial charge is 0.358 e. The number of unbranched alkanes of at least 4 members (excludes halogenated alkanes) is 3. The molecule has 0 amide bonds. The van der Waals surface area contributed by atoms with Crippen LogP contribution in [0.15, 0.2) is 24.3 Å². The zero-order valence-corrected chi connectivity index (χ0v) is 12.2. The van der Waals surface area contributed by atoms with E-state index in [1.807, 2.05) is 12.1 Å². The van der Waals surface area contributed by atoms with Crippen molar-refractivity contribution in [1.82, 2.24) is 0 Å². The second-order valence-electron chi connectivity index (χ2n) is 4.43. The average Bonchev–Trinajstić information content (AvgIpc) is 2.38. The summed E-state index contributed by atoms with van der Waals surface area (Å²) < 4.78 is 17.1. The molecule has 0 saturated carbocycles. The van der Waals surface area contributed by atoms with Crippen LogP contribution in [0.3, 0.4) is 0 Å². The van der Waals surface area contributed by atoms with E-state index in [2.05, 4.69) is 13.8 Å². The molecule has 1 rings (SSSR count). The molecule has 0 fully saturated rings. The first-order chi connectivity index (χ1) is 8.60. The van der Waals surface area contributed by atoms with E-state index < -0.39 is 7.60 Å². The highest BCUT2D eigenvalue weighted by molar-refractivity contribution is 7.61. The van der Waals surface area contributed by atoms with Crippen LogP contribution in [-0.4, -0.2) is 11.5 Å². The summed E-state index contributed by atoms with van der Waals surface area (Å²) >= 11 is 0. The Morgan fingerprint density at radius 1 is 1.11 bits per heavy atom. The van der Waals surface area contributed by atoms with E-state index in [0.717, 1.165) is 37.7 Å². The lowest BCUT2D eigenvalue weighted by Crippen LogP contribution is -2.08. The Morgan fingerprint density at radius 2 is 1.78 bits per heavy atom. The lowest BCUT2D eigenvalue weighted by Gasteiger charge is -2.12. The van der Waals surface area contributed by atoms with Crippen LogP contribution in [0.25, 0.3) is 0 Å². The van der Waals surface area contributed by atoms with E-state index in [9.17, 15) is 9.46 Å². The number of rotatable bonds is 8. The van der Waals surface area contributed by atoms with E-state index in [4.69, 9.17) is 4.52 Å². The summed E-state index contributed by atoms with van der Waals surface area (Å²) in [4.78, 5) is 9.84. The van der Waals surface area contributed by atoms with E-state index in [-0.39, 0.29) is 0 Å². The third-order valence-corrected chi connectivity index (χ3v) is 4.42. The summed E-state index contributed by atoms with van der Waals surface area (Å²) in [7, 11) is -3.62. The molecular formula is C14H23O3P. The third-order valence-electron chi connectivity index (χ3n) is 2.94. The first kappa shape index (κ1) is 15.4. The summed E-state index contributed by atoms with van der Waals surface area (Å²) in [5.74, 6) is 0. The van der Waals surface area contributed by atoms with Gasteiger partial charge in [0.25, 0.3) is 0 Å². The van der Waals surface area contributed by atoms with Gasteiger partial charge in [-0.15, -0.1) is 0 Å². The fraction of sp³-hybridized carbons (Fsp3) is 0.571. The summed E-state index contributed by atoms with van der Waals surface area (Å²) in [6.07, 6.45) is 5.10. The van der Waals surface area contributed by atoms with Gasteiger partial charge in [-0.05, 0) is 30.5 Å². The van der Waals surface area contributed by atoms with Crippen LogP contribution in [0, 0.1) is 0 Å². The standard InChI is InChI=1S/C14H23O3P/c1-3-5-6-7-12-17-18(15,16)14-10-8-13(4-2)9-11-14/h8-11H,3-7,12H2,1-2H3,(H,15,16). The Bertz CT molecular complexity index is 387. The number of aryl methyl sites for hydroxylation is 1. The zero-order chi connectivity index (χ0) is 13.4. The fourth-order valence-corrected chi connectivity index (χ4v) is 2.76. The summed E-state index contributed by atoms with van der Waals surface area (Å²) in [5, 5.41) is 0.384. The van der Waals surface area contributed by atoms with Crippen molar-refractivity contribution in [3.63, 3.8) is 0 Å². The molecule has 18 heavy (non-hydrogen) atoms. The quantitative estimate of drug-likeness (QED) is 0.579. The van der Waals surface area contributed by atoms with Crippen molar-refractivity contribution < 1.29 is 14.0 Å². The predicted molar refractivity (Wildman–Crippen MR) is 75.4 cm³/mol. The van der Waals surface area contributed by atoms with E-state index in [0.29, 0.717) is 11.9 Å². The lowest BCUT2D eigenvalue weighted by molar-refractivity contribution is 0.262. The molecule has 0 radical (unpaired) electrons. The molecule has 0 aromatic heterocycles. The zero-order valence-electron chi connectivity index (χ0n) is 11.3. The first-order valence-corrected chi connectivity index (χ1v) is 8.24. The molecule has 0 aliphatic rings. The molecule has 1 unspecified atom stereocenters. The van der Waals surface area contributed by atoms with Gasteiger partial charge in [-0.2, -0.15) is 0 Å². The number of benzene rings is 1. The molecule has 1 atom stereocenters. The summed E-state index contributed by atoms with van der Waals surface area (Å²) in [6.45, 7) is 4.54. The van der Waals surface area contributed by atoms with Crippen molar-refractivity contribution in [3.8, 4) is 0 Å². The molecule has 0 aliphatic heterocycles. The van der Waals surface area contributed by atoms with Gasteiger partial charge in [0, 0.05) is 0 Å². The topological polar surface area (TPSA) is 46.5 Å². The molecule has 1 aromatic carbocycles. The highest BCUT2D eigenvalue weighted by Crippen LogP contribution is 2.40. The number of hydrogen-bond acceptors (Lipinski definition) is 2. The molecule has 3 nitrogen and oxygen atoms in total. The van der Waals surface area contributed by atoms with Crippen molar-refractivity contribution in [2.45, 2.75) is 46.0 Å². The van der Waals surface area contributed by atoms with Crippen LogP contribution in [0.5, 0.6) is 0 Å². The van der Waals surface area contributed by atoms with Crippen LogP contribution in [0.2, 0.25) is 0 Å². The maximum Gasteiger partial charge on any atom is 0.358 e. The van der Waals surface area contributed by atoms with Gasteiger partial charge >= 0.3 is 7.60 Å². The molecule has 0 bridgehead atoms. The monoisotopic (exact) mass is 270 g/mol. The molecule has 0 spiro atoms. The van der Waals surface area contributed by atoms with Gasteiger partial charge in [-0.25, -0.2) is 0 Å². The van der Waals surface area contributed by atoms with Crippen LogP contribution in [0.4, 0.5) is 0 Å². The van der Waals surface area contributed by atoms with Crippen molar-refractivity contribution >= 4 is 12.9 Å². The summed E-state index contributed by atoms with van der Waals surface area (Å²) in [6, 6.07) is 7.12. The fourth-order valence-electron chi connectivity index (χ4n) is 1.71. The van der Waals surface area contributed by atoms with E-state index in [1.54, 1.807) is 12.1 Å². The minimum Gasteiger partial charge on any atom is -0.321 e. The van der Waals surface area contributed by atoms with Gasteiger partial charge in [0.15, 0.2) is 0 Å². The van der Waals surface area contributed by atoms with Gasteiger partial charge in [-0.3, -0.25) is 4.57 Å². The second-order valence-corrected chi connectivity index (χ2v) is 6.25. The highest BCUT2D eigenvalue weighted by atomic mass is 31.2. The Labute approximate surface area is 110 Å². The van der Waals surface area contributed by atoms with Crippen LogP contribution < -0.4 is 5.30 Å². The summed E-state index contributed by atoms with van der Waals surface area (Å²) in [5.41, 5.74) is 1.15. The minimum atomic E-state index is -3.62. The Morgan fingerprint density at radius 3 is 2.33 bits per heavy atom. The van der Waals surface area contributed by atoms with E-state index >= 15 is 0 Å². The first-order valence-electron chi connectivity index (χ1n) is 6.67. The van der Waals surface area contributed by atoms with Gasteiger partial charge in [0.2, 0.25) is 0 Å². The van der Waals surface area contributed by atoms with Gasteiger partial charge in [0.05, 0.1) is 11.9 Å². The van der Waals surface area contributed by atoms with Gasteiger partial charge in [0.1, 0.15) is 0 Å². The van der Waals surface area contributed by atoms with Crippen LogP contribution in [-0.2, 0) is 15.5 Å². The SMILES string of the molecule is CCCCCCOP(=O)(O)c1ccc(CC)cc1. The molecule has 1 N–H and O–H groups in total. The van der Waals surface area contributed by atoms with Crippen molar-refractivity contribution in [2.75, 3.05) is 6.61 Å². The molecule has 0 saturated heterocycles. The maximum absolute atomic E-state index is 12.0. The molecule has 102 valence electrons. The molecular weight excluding hydrogens is 247 g/mol. The van der Waals surface area contributed by atoms with Crippen LogP contribution >= 0.6 is 7.60 Å². The average molecular weight is 270 g/mol. The maximum atomic E-state index is 12.0.